The van der Waals surface area contributed by atoms with Gasteiger partial charge in [0.05, 0.1) is 19.8 Å². The van der Waals surface area contributed by atoms with E-state index in [0.29, 0.717) is 11.3 Å². The molecule has 1 fully saturated rings. The summed E-state index contributed by atoms with van der Waals surface area (Å²) in [6.07, 6.45) is 4.90. The molecule has 0 bridgehead atoms. The monoisotopic (exact) mass is 441 g/mol. The number of fused-ring (bicyclic) bond motifs is 1. The second kappa shape index (κ2) is 9.26. The van der Waals surface area contributed by atoms with Crippen LogP contribution < -0.4 is 14.8 Å². The van der Waals surface area contributed by atoms with Crippen LogP contribution in [0.25, 0.3) is 11.2 Å². The van der Waals surface area contributed by atoms with E-state index in [1.54, 1.807) is 7.11 Å². The second-order valence-corrected chi connectivity index (χ2v) is 8.71. The van der Waals surface area contributed by atoms with E-state index in [-0.39, 0.29) is 12.0 Å². The van der Waals surface area contributed by atoms with E-state index in [2.05, 4.69) is 35.2 Å². The highest BCUT2D eigenvalue weighted by molar-refractivity contribution is 7.71. The van der Waals surface area contributed by atoms with Gasteiger partial charge in [0.25, 0.3) is 0 Å². The predicted molar refractivity (Wildman–Crippen MR) is 126 cm³/mol. The van der Waals surface area contributed by atoms with Crippen molar-refractivity contribution < 1.29 is 9.47 Å². The van der Waals surface area contributed by atoms with Crippen LogP contribution in [0.1, 0.15) is 63.8 Å². The highest BCUT2D eigenvalue weighted by Gasteiger charge is 2.20. The Labute approximate surface area is 188 Å². The Morgan fingerprint density at radius 1 is 1.23 bits per heavy atom. The number of nitrogens with one attached hydrogen (secondary N) is 2. The van der Waals surface area contributed by atoms with Gasteiger partial charge >= 0.3 is 0 Å². The van der Waals surface area contributed by atoms with Crippen molar-refractivity contribution >= 4 is 29.2 Å². The molecule has 0 amide bonds. The van der Waals surface area contributed by atoms with Crippen molar-refractivity contribution in [1.29, 1.82) is 0 Å². The first-order valence-corrected chi connectivity index (χ1v) is 11.5. The Balaban J connectivity index is 1.73. The minimum atomic E-state index is 0.263. The SMILES string of the molecule is CCNc1nc(=S)n(Cc2ccc(OC)c(OC3CCCC3)c2)c2nc(C(C)C)[nH]c12. The summed E-state index contributed by atoms with van der Waals surface area (Å²) in [7, 11) is 1.68. The van der Waals surface area contributed by atoms with E-state index < -0.39 is 0 Å². The normalized spacial score (nSPS) is 14.5. The molecular weight excluding hydrogens is 410 g/mol. The molecule has 0 radical (unpaired) electrons. The first-order chi connectivity index (χ1) is 15.0. The van der Waals surface area contributed by atoms with Crippen molar-refractivity contribution in [2.24, 2.45) is 0 Å². The van der Waals surface area contributed by atoms with E-state index >= 15 is 0 Å². The zero-order valence-electron chi connectivity index (χ0n) is 18.7. The molecule has 8 heteroatoms. The number of imidazole rings is 1. The Morgan fingerprint density at radius 3 is 2.68 bits per heavy atom. The minimum Gasteiger partial charge on any atom is -0.493 e. The number of methoxy groups -OCH3 is 1. The molecule has 1 saturated carbocycles. The number of ether oxygens (including phenoxy) is 2. The highest BCUT2D eigenvalue weighted by atomic mass is 32.1. The van der Waals surface area contributed by atoms with Crippen molar-refractivity contribution in [3.05, 3.63) is 34.4 Å². The van der Waals surface area contributed by atoms with Gasteiger partial charge in [0.15, 0.2) is 23.0 Å². The summed E-state index contributed by atoms with van der Waals surface area (Å²) < 4.78 is 14.3. The Hall–Kier alpha value is -2.61. The van der Waals surface area contributed by atoms with Gasteiger partial charge in [0.1, 0.15) is 11.3 Å². The van der Waals surface area contributed by atoms with E-state index in [1.165, 1.54) is 12.8 Å². The van der Waals surface area contributed by atoms with Crippen LogP contribution in [0.15, 0.2) is 18.2 Å². The maximum atomic E-state index is 6.27. The lowest BCUT2D eigenvalue weighted by molar-refractivity contribution is 0.200. The second-order valence-electron chi connectivity index (χ2n) is 8.34. The summed E-state index contributed by atoms with van der Waals surface area (Å²) in [4.78, 5) is 12.9. The zero-order valence-corrected chi connectivity index (χ0v) is 19.5. The van der Waals surface area contributed by atoms with Crippen molar-refractivity contribution in [2.75, 3.05) is 19.0 Å². The van der Waals surface area contributed by atoms with Gasteiger partial charge in [0, 0.05) is 12.5 Å². The molecule has 3 aromatic rings. The molecular formula is C23H31N5O2S. The average molecular weight is 442 g/mol. The fraction of sp³-hybridized carbons (Fsp3) is 0.522. The molecule has 1 aliphatic rings. The summed E-state index contributed by atoms with van der Waals surface area (Å²) >= 11 is 5.65. The van der Waals surface area contributed by atoms with Gasteiger partial charge in [-0.05, 0) is 62.5 Å². The van der Waals surface area contributed by atoms with Crippen molar-refractivity contribution in [3.8, 4) is 11.5 Å². The molecule has 2 N–H and O–H groups in total. The van der Waals surface area contributed by atoms with Crippen LogP contribution in [-0.4, -0.2) is 39.3 Å². The van der Waals surface area contributed by atoms with Crippen LogP contribution in [0, 0.1) is 4.77 Å². The molecule has 31 heavy (non-hydrogen) atoms. The molecule has 0 atom stereocenters. The van der Waals surface area contributed by atoms with Crippen LogP contribution in [0.3, 0.4) is 0 Å². The number of anilines is 1. The van der Waals surface area contributed by atoms with Crippen LogP contribution in [0.2, 0.25) is 0 Å². The lowest BCUT2D eigenvalue weighted by Gasteiger charge is -2.17. The lowest BCUT2D eigenvalue weighted by atomic mass is 10.2. The van der Waals surface area contributed by atoms with Gasteiger partial charge in [-0.25, -0.2) is 9.97 Å². The summed E-state index contributed by atoms with van der Waals surface area (Å²) in [6.45, 7) is 7.60. The highest BCUT2D eigenvalue weighted by Crippen LogP contribution is 2.33. The number of H-pyrrole nitrogens is 1. The maximum Gasteiger partial charge on any atom is 0.203 e. The van der Waals surface area contributed by atoms with Crippen molar-refractivity contribution in [1.82, 2.24) is 19.5 Å². The summed E-state index contributed by atoms with van der Waals surface area (Å²) in [5.41, 5.74) is 2.77. The van der Waals surface area contributed by atoms with Crippen LogP contribution in [-0.2, 0) is 6.54 Å². The van der Waals surface area contributed by atoms with Gasteiger partial charge < -0.3 is 19.8 Å². The quantitative estimate of drug-likeness (QED) is 0.454. The standard InChI is InChI=1S/C23H31N5O2S/c1-5-24-21-19-22(26-20(25-19)14(2)3)28(23(31)27-21)13-15-10-11-17(29-4)18(12-15)30-16-8-6-7-9-16/h10-12,14,16H,5-9,13H2,1-4H3,(H,25,26)(H,24,27,31). The minimum absolute atomic E-state index is 0.263. The van der Waals surface area contributed by atoms with Crippen LogP contribution in [0.5, 0.6) is 11.5 Å². The maximum absolute atomic E-state index is 6.27. The molecule has 1 aromatic carbocycles. The topological polar surface area (TPSA) is 77.0 Å². The smallest absolute Gasteiger partial charge is 0.203 e. The molecule has 0 saturated heterocycles. The van der Waals surface area contributed by atoms with Gasteiger partial charge in [0.2, 0.25) is 4.77 Å². The lowest BCUT2D eigenvalue weighted by Crippen LogP contribution is -2.12. The first kappa shape index (κ1) is 21.6. The number of hydrogen-bond donors (Lipinski definition) is 2. The fourth-order valence-electron chi connectivity index (χ4n) is 4.04. The Bertz CT molecular complexity index is 1120. The molecule has 0 spiro atoms. The molecule has 4 rings (SSSR count). The van der Waals surface area contributed by atoms with Crippen LogP contribution >= 0.6 is 12.2 Å². The summed E-state index contributed by atoms with van der Waals surface area (Å²) in [6, 6.07) is 6.06. The number of hydrogen-bond acceptors (Lipinski definition) is 6. The molecule has 2 aromatic heterocycles. The molecule has 0 unspecified atom stereocenters. The number of aromatic amines is 1. The fourth-order valence-corrected chi connectivity index (χ4v) is 4.28. The molecule has 7 nitrogen and oxygen atoms in total. The summed E-state index contributed by atoms with van der Waals surface area (Å²) in [5.74, 6) is 3.49. The van der Waals surface area contributed by atoms with Crippen molar-refractivity contribution in [3.63, 3.8) is 0 Å². The third-order valence-electron chi connectivity index (χ3n) is 5.69. The average Bonchev–Trinajstić information content (AvgIpc) is 3.41. The van der Waals surface area contributed by atoms with Gasteiger partial charge in [-0.3, -0.25) is 4.57 Å². The third kappa shape index (κ3) is 4.54. The van der Waals surface area contributed by atoms with Gasteiger partial charge in [-0.1, -0.05) is 19.9 Å². The van der Waals surface area contributed by atoms with Gasteiger partial charge in [-0.15, -0.1) is 0 Å². The molecule has 166 valence electrons. The Morgan fingerprint density at radius 2 is 2.00 bits per heavy atom. The molecule has 2 heterocycles. The van der Waals surface area contributed by atoms with E-state index in [4.69, 9.17) is 26.7 Å². The van der Waals surface area contributed by atoms with E-state index in [0.717, 1.165) is 59.3 Å². The van der Waals surface area contributed by atoms with E-state index in [1.807, 2.05) is 23.6 Å². The van der Waals surface area contributed by atoms with E-state index in [9.17, 15) is 0 Å². The first-order valence-electron chi connectivity index (χ1n) is 11.1. The van der Waals surface area contributed by atoms with Crippen LogP contribution in [0.4, 0.5) is 5.82 Å². The number of benzene rings is 1. The molecule has 0 aliphatic heterocycles. The molecule has 1 aliphatic carbocycles. The predicted octanol–water partition coefficient (Wildman–Crippen LogP) is 5.42. The largest absolute Gasteiger partial charge is 0.493 e. The Kier molecular flexibility index (Phi) is 6.46. The van der Waals surface area contributed by atoms with Gasteiger partial charge in [-0.2, -0.15) is 0 Å². The zero-order chi connectivity index (χ0) is 22.0. The number of rotatable bonds is 8. The number of nitrogens with zero attached hydrogens (tertiary/aromatic N) is 3. The summed E-state index contributed by atoms with van der Waals surface area (Å²) in [5, 5.41) is 3.30. The third-order valence-corrected chi connectivity index (χ3v) is 6.00. The van der Waals surface area contributed by atoms with Crippen molar-refractivity contribution in [2.45, 2.75) is 65.0 Å². The number of aromatic nitrogens is 4.